The van der Waals surface area contributed by atoms with Gasteiger partial charge in [0, 0.05) is 19.3 Å². The highest BCUT2D eigenvalue weighted by atomic mass is 16.5. The van der Waals surface area contributed by atoms with E-state index >= 15 is 0 Å². The minimum atomic E-state index is -1.20. The van der Waals surface area contributed by atoms with Crippen LogP contribution in [0.15, 0.2) is 18.3 Å². The third kappa shape index (κ3) is 6.68. The molecule has 21 heavy (non-hydrogen) atoms. The number of hydrogen-bond donors (Lipinski definition) is 3. The molecule has 0 aromatic carbocycles. The lowest BCUT2D eigenvalue weighted by Gasteiger charge is -2.11. The van der Waals surface area contributed by atoms with Gasteiger partial charge in [-0.25, -0.2) is 14.6 Å². The quantitative estimate of drug-likeness (QED) is 0.603. The molecule has 0 spiro atoms. The highest BCUT2D eigenvalue weighted by Gasteiger charge is 2.12. The average Bonchev–Trinajstić information content (AvgIpc) is 2.42. The van der Waals surface area contributed by atoms with Crippen LogP contribution in [-0.4, -0.2) is 67.4 Å². The lowest BCUT2D eigenvalue weighted by molar-refractivity contribution is 0.0691. The molecule has 0 saturated carbocycles. The fourth-order valence-electron chi connectivity index (χ4n) is 1.43. The molecule has 1 aromatic heterocycles. The zero-order valence-corrected chi connectivity index (χ0v) is 12.1. The highest BCUT2D eigenvalue weighted by Crippen LogP contribution is 2.11. The van der Waals surface area contributed by atoms with Gasteiger partial charge >= 0.3 is 12.0 Å². The second-order valence-electron chi connectivity index (χ2n) is 4.50. The van der Waals surface area contributed by atoms with Crippen molar-refractivity contribution in [2.75, 3.05) is 45.7 Å². The molecule has 3 N–H and O–H groups in total. The maximum absolute atomic E-state index is 11.6. The first kappa shape index (κ1) is 16.9. The van der Waals surface area contributed by atoms with Crippen molar-refractivity contribution in [3.8, 4) is 0 Å². The van der Waals surface area contributed by atoms with Crippen LogP contribution in [0.4, 0.5) is 10.5 Å². The molecule has 8 heteroatoms. The van der Waals surface area contributed by atoms with E-state index in [-0.39, 0.29) is 11.4 Å². The van der Waals surface area contributed by atoms with Gasteiger partial charge < -0.3 is 25.4 Å². The molecule has 0 bridgehead atoms. The molecule has 116 valence electrons. The molecule has 0 aliphatic heterocycles. The van der Waals surface area contributed by atoms with Crippen LogP contribution in [0.3, 0.4) is 0 Å². The van der Waals surface area contributed by atoms with E-state index in [9.17, 15) is 9.59 Å². The lowest BCUT2D eigenvalue weighted by atomic mass is 10.3. The van der Waals surface area contributed by atoms with Gasteiger partial charge in [0.25, 0.3) is 0 Å². The molecule has 0 aliphatic carbocycles. The Labute approximate surface area is 123 Å². The predicted octanol–water partition coefficient (Wildman–Crippen LogP) is 0.480. The number of likely N-dealkylation sites (N-methyl/N-ethyl adjacent to an activating group) is 1. The fraction of sp³-hybridized carbons (Fsp3) is 0.462. The molecular formula is C13H20N4O4. The van der Waals surface area contributed by atoms with E-state index in [1.807, 2.05) is 19.0 Å². The monoisotopic (exact) mass is 296 g/mol. The third-order valence-corrected chi connectivity index (χ3v) is 2.47. The lowest BCUT2D eigenvalue weighted by Crippen LogP contribution is -2.32. The molecule has 0 atom stereocenters. The van der Waals surface area contributed by atoms with E-state index in [1.165, 1.54) is 12.3 Å². The number of hydrogen-bond acceptors (Lipinski definition) is 5. The number of anilines is 1. The van der Waals surface area contributed by atoms with Gasteiger partial charge in [-0.3, -0.25) is 0 Å². The van der Waals surface area contributed by atoms with Crippen molar-refractivity contribution in [1.82, 2.24) is 15.2 Å². The van der Waals surface area contributed by atoms with Crippen LogP contribution in [0.5, 0.6) is 0 Å². The third-order valence-electron chi connectivity index (χ3n) is 2.47. The molecule has 0 unspecified atom stereocenters. The summed E-state index contributed by atoms with van der Waals surface area (Å²) in [6.45, 7) is 2.12. The SMILES string of the molecule is CN(C)CCOCCNC(=O)Nc1cccnc1C(=O)O. The summed E-state index contributed by atoms with van der Waals surface area (Å²) in [7, 11) is 3.89. The second kappa shape index (κ2) is 8.88. The Bertz CT molecular complexity index is 479. The number of amides is 2. The zero-order valence-electron chi connectivity index (χ0n) is 12.1. The van der Waals surface area contributed by atoms with Crippen LogP contribution in [0.1, 0.15) is 10.5 Å². The summed E-state index contributed by atoms with van der Waals surface area (Å²) in [4.78, 5) is 28.2. The average molecular weight is 296 g/mol. The van der Waals surface area contributed by atoms with E-state index in [4.69, 9.17) is 9.84 Å². The van der Waals surface area contributed by atoms with Crippen LogP contribution < -0.4 is 10.6 Å². The highest BCUT2D eigenvalue weighted by molar-refractivity contribution is 5.98. The summed E-state index contributed by atoms with van der Waals surface area (Å²) in [5.74, 6) is -1.20. The number of carboxylic acids is 1. The van der Waals surface area contributed by atoms with Crippen molar-refractivity contribution >= 4 is 17.7 Å². The molecule has 0 saturated heterocycles. The maximum Gasteiger partial charge on any atom is 0.356 e. The molecule has 1 aromatic rings. The maximum atomic E-state index is 11.6. The normalized spacial score (nSPS) is 10.4. The molecule has 0 radical (unpaired) electrons. The smallest absolute Gasteiger partial charge is 0.356 e. The van der Waals surface area contributed by atoms with Gasteiger partial charge in [0.1, 0.15) is 0 Å². The largest absolute Gasteiger partial charge is 0.476 e. The first-order valence-electron chi connectivity index (χ1n) is 6.46. The van der Waals surface area contributed by atoms with Crippen molar-refractivity contribution in [2.45, 2.75) is 0 Å². The zero-order chi connectivity index (χ0) is 15.7. The number of aromatic nitrogens is 1. The number of carbonyl (C=O) groups excluding carboxylic acids is 1. The molecule has 0 aliphatic rings. The summed E-state index contributed by atoms with van der Waals surface area (Å²) in [6, 6.07) is 2.53. The van der Waals surface area contributed by atoms with Gasteiger partial charge in [-0.05, 0) is 26.2 Å². The summed E-state index contributed by atoms with van der Waals surface area (Å²) >= 11 is 0. The Balaban J connectivity index is 2.30. The van der Waals surface area contributed by atoms with Crippen molar-refractivity contribution in [2.24, 2.45) is 0 Å². The number of pyridine rings is 1. The first-order chi connectivity index (χ1) is 10.0. The number of ether oxygens (including phenoxy) is 1. The summed E-state index contributed by atoms with van der Waals surface area (Å²) < 4.78 is 5.32. The number of nitrogens with zero attached hydrogens (tertiary/aromatic N) is 2. The number of rotatable bonds is 8. The Morgan fingerprint density at radius 3 is 2.81 bits per heavy atom. The van der Waals surface area contributed by atoms with Crippen molar-refractivity contribution in [1.29, 1.82) is 0 Å². The minimum Gasteiger partial charge on any atom is -0.476 e. The van der Waals surface area contributed by atoms with Gasteiger partial charge in [-0.2, -0.15) is 0 Å². The fourth-order valence-corrected chi connectivity index (χ4v) is 1.43. The van der Waals surface area contributed by atoms with E-state index in [1.54, 1.807) is 6.07 Å². The molecule has 2 amide bonds. The summed E-state index contributed by atoms with van der Waals surface area (Å²) in [6.07, 6.45) is 1.35. The van der Waals surface area contributed by atoms with E-state index < -0.39 is 12.0 Å². The Morgan fingerprint density at radius 2 is 2.14 bits per heavy atom. The topological polar surface area (TPSA) is 104 Å². The van der Waals surface area contributed by atoms with Gasteiger partial charge in [-0.1, -0.05) is 0 Å². The van der Waals surface area contributed by atoms with Crippen molar-refractivity contribution in [3.05, 3.63) is 24.0 Å². The molecule has 8 nitrogen and oxygen atoms in total. The van der Waals surface area contributed by atoms with Crippen LogP contribution in [0, 0.1) is 0 Å². The van der Waals surface area contributed by atoms with Crippen LogP contribution in [0.25, 0.3) is 0 Å². The van der Waals surface area contributed by atoms with Crippen molar-refractivity contribution < 1.29 is 19.4 Å². The summed E-state index contributed by atoms with van der Waals surface area (Å²) in [5, 5.41) is 14.0. The molecule has 1 rings (SSSR count). The molecule has 0 fully saturated rings. The van der Waals surface area contributed by atoms with E-state index in [0.29, 0.717) is 19.8 Å². The van der Waals surface area contributed by atoms with Crippen LogP contribution >= 0.6 is 0 Å². The molecular weight excluding hydrogens is 276 g/mol. The summed E-state index contributed by atoms with van der Waals surface area (Å²) in [5.41, 5.74) is -0.0501. The number of aromatic carboxylic acids is 1. The number of carboxylic acid groups (broad SMARTS) is 1. The molecule has 1 heterocycles. The number of carbonyl (C=O) groups is 2. The number of nitrogens with one attached hydrogen (secondary N) is 2. The van der Waals surface area contributed by atoms with Gasteiger partial charge in [0.05, 0.1) is 18.9 Å². The minimum absolute atomic E-state index is 0.149. The second-order valence-corrected chi connectivity index (χ2v) is 4.50. The van der Waals surface area contributed by atoms with E-state index in [0.717, 1.165) is 6.54 Å². The Morgan fingerprint density at radius 1 is 1.38 bits per heavy atom. The van der Waals surface area contributed by atoms with E-state index in [2.05, 4.69) is 15.6 Å². The van der Waals surface area contributed by atoms with Gasteiger partial charge in [0.2, 0.25) is 0 Å². The standard InChI is InChI=1S/C13H20N4O4/c1-17(2)7-9-21-8-6-15-13(20)16-10-4-3-5-14-11(10)12(18)19/h3-5H,6-9H2,1-2H3,(H,18,19)(H2,15,16,20). The van der Waals surface area contributed by atoms with Crippen molar-refractivity contribution in [3.63, 3.8) is 0 Å². The van der Waals surface area contributed by atoms with Gasteiger partial charge in [-0.15, -0.1) is 0 Å². The number of urea groups is 1. The Hall–Kier alpha value is -2.19. The first-order valence-corrected chi connectivity index (χ1v) is 6.46. The van der Waals surface area contributed by atoms with Gasteiger partial charge in [0.15, 0.2) is 5.69 Å². The van der Waals surface area contributed by atoms with Crippen LogP contribution in [0.2, 0.25) is 0 Å². The van der Waals surface area contributed by atoms with Crippen LogP contribution in [-0.2, 0) is 4.74 Å². The Kier molecular flexibility index (Phi) is 7.13. The predicted molar refractivity (Wildman–Crippen MR) is 77.6 cm³/mol.